The number of anilines is 1. The first-order valence-electron chi connectivity index (χ1n) is 5.91. The van der Waals surface area contributed by atoms with Crippen LogP contribution in [0, 0.1) is 12.7 Å². The van der Waals surface area contributed by atoms with Gasteiger partial charge in [-0.05, 0) is 38.0 Å². The summed E-state index contributed by atoms with van der Waals surface area (Å²) < 4.78 is 15.1. The Balaban J connectivity index is 2.06. The van der Waals surface area contributed by atoms with Crippen LogP contribution in [0.25, 0.3) is 5.69 Å². The number of nitrogens with one attached hydrogen (secondary N) is 1. The molecule has 0 saturated heterocycles. The van der Waals surface area contributed by atoms with Crippen LogP contribution in [0.3, 0.4) is 0 Å². The SMILES string of the molecule is Cc1cn(-c2cc(F)ccc2Cl)c(NC2CC2)n1. The number of hydrogen-bond donors (Lipinski definition) is 1. The van der Waals surface area contributed by atoms with E-state index in [-0.39, 0.29) is 5.82 Å². The Hall–Kier alpha value is -1.55. The molecule has 1 heterocycles. The Labute approximate surface area is 110 Å². The summed E-state index contributed by atoms with van der Waals surface area (Å²) in [6.45, 7) is 1.90. The van der Waals surface area contributed by atoms with Gasteiger partial charge in [0.05, 0.1) is 16.4 Å². The minimum Gasteiger partial charge on any atom is -0.353 e. The maximum absolute atomic E-state index is 13.3. The number of nitrogens with zero attached hydrogens (tertiary/aromatic N) is 2. The third kappa shape index (κ3) is 2.20. The number of rotatable bonds is 3. The van der Waals surface area contributed by atoms with E-state index in [9.17, 15) is 4.39 Å². The fraction of sp³-hybridized carbons (Fsp3) is 0.308. The third-order valence-electron chi connectivity index (χ3n) is 2.90. The van der Waals surface area contributed by atoms with Crippen LogP contribution in [0.2, 0.25) is 5.02 Å². The molecule has 0 spiro atoms. The molecule has 1 N–H and O–H groups in total. The Morgan fingerprint density at radius 1 is 1.44 bits per heavy atom. The zero-order valence-corrected chi connectivity index (χ0v) is 10.7. The first-order chi connectivity index (χ1) is 8.63. The lowest BCUT2D eigenvalue weighted by Crippen LogP contribution is -2.08. The van der Waals surface area contributed by atoms with E-state index in [0.29, 0.717) is 16.8 Å². The average molecular weight is 266 g/mol. The van der Waals surface area contributed by atoms with Crippen LogP contribution in [0.5, 0.6) is 0 Å². The summed E-state index contributed by atoms with van der Waals surface area (Å²) in [4.78, 5) is 4.41. The smallest absolute Gasteiger partial charge is 0.208 e. The van der Waals surface area contributed by atoms with Crippen molar-refractivity contribution in [1.82, 2.24) is 9.55 Å². The van der Waals surface area contributed by atoms with Gasteiger partial charge in [-0.15, -0.1) is 0 Å². The highest BCUT2D eigenvalue weighted by atomic mass is 35.5. The lowest BCUT2D eigenvalue weighted by molar-refractivity contribution is 0.626. The number of benzene rings is 1. The first-order valence-corrected chi connectivity index (χ1v) is 6.29. The molecule has 5 heteroatoms. The van der Waals surface area contributed by atoms with Crippen molar-refractivity contribution in [3.63, 3.8) is 0 Å². The van der Waals surface area contributed by atoms with Gasteiger partial charge in [-0.3, -0.25) is 4.57 Å². The molecule has 1 saturated carbocycles. The standard InChI is InChI=1S/C13H13ClFN3/c1-8-7-18(13(16-8)17-10-3-4-10)12-6-9(15)2-5-11(12)14/h2,5-7,10H,3-4H2,1H3,(H,16,17). The zero-order valence-electron chi connectivity index (χ0n) is 9.95. The molecule has 3 rings (SSSR count). The number of imidazole rings is 1. The topological polar surface area (TPSA) is 29.9 Å². The highest BCUT2D eigenvalue weighted by Crippen LogP contribution is 2.29. The Morgan fingerprint density at radius 2 is 2.22 bits per heavy atom. The summed E-state index contributed by atoms with van der Waals surface area (Å²) in [5.41, 5.74) is 1.49. The van der Waals surface area contributed by atoms with Crippen molar-refractivity contribution < 1.29 is 4.39 Å². The monoisotopic (exact) mass is 265 g/mol. The fourth-order valence-electron chi connectivity index (χ4n) is 1.86. The van der Waals surface area contributed by atoms with Crippen molar-refractivity contribution in [2.45, 2.75) is 25.8 Å². The Morgan fingerprint density at radius 3 is 2.94 bits per heavy atom. The molecule has 0 aliphatic heterocycles. The van der Waals surface area contributed by atoms with Crippen molar-refractivity contribution in [3.8, 4) is 5.69 Å². The second kappa shape index (κ2) is 4.28. The van der Waals surface area contributed by atoms with Crippen LogP contribution in [0.4, 0.5) is 10.3 Å². The van der Waals surface area contributed by atoms with E-state index in [0.717, 1.165) is 24.5 Å². The molecule has 1 aliphatic rings. The van der Waals surface area contributed by atoms with Gasteiger partial charge in [-0.25, -0.2) is 9.37 Å². The zero-order chi connectivity index (χ0) is 12.7. The van der Waals surface area contributed by atoms with E-state index in [4.69, 9.17) is 11.6 Å². The van der Waals surface area contributed by atoms with Crippen molar-refractivity contribution >= 4 is 17.5 Å². The molecule has 0 radical (unpaired) electrons. The molecule has 0 atom stereocenters. The molecule has 1 fully saturated rings. The predicted molar refractivity (Wildman–Crippen MR) is 69.9 cm³/mol. The summed E-state index contributed by atoms with van der Waals surface area (Å²) in [7, 11) is 0. The maximum atomic E-state index is 13.3. The molecule has 0 bridgehead atoms. The minimum absolute atomic E-state index is 0.307. The summed E-state index contributed by atoms with van der Waals surface area (Å²) in [5, 5.41) is 3.83. The van der Waals surface area contributed by atoms with Gasteiger partial charge < -0.3 is 5.32 Å². The van der Waals surface area contributed by atoms with Crippen LogP contribution in [0.1, 0.15) is 18.5 Å². The largest absolute Gasteiger partial charge is 0.353 e. The number of aromatic nitrogens is 2. The summed E-state index contributed by atoms with van der Waals surface area (Å²) in [5.74, 6) is 0.417. The lowest BCUT2D eigenvalue weighted by Gasteiger charge is -2.10. The molecular weight excluding hydrogens is 253 g/mol. The molecule has 1 aliphatic carbocycles. The van der Waals surface area contributed by atoms with Gasteiger partial charge in [0.1, 0.15) is 5.82 Å². The molecule has 1 aromatic carbocycles. The van der Waals surface area contributed by atoms with Crippen molar-refractivity contribution in [2.24, 2.45) is 0 Å². The van der Waals surface area contributed by atoms with Gasteiger partial charge >= 0.3 is 0 Å². The van der Waals surface area contributed by atoms with E-state index in [2.05, 4.69) is 10.3 Å². The third-order valence-corrected chi connectivity index (χ3v) is 3.22. The average Bonchev–Trinajstić information content (AvgIpc) is 3.05. The molecule has 2 aromatic rings. The van der Waals surface area contributed by atoms with E-state index in [1.54, 1.807) is 10.6 Å². The van der Waals surface area contributed by atoms with Crippen LogP contribution < -0.4 is 5.32 Å². The first kappa shape index (κ1) is 11.5. The highest BCUT2D eigenvalue weighted by molar-refractivity contribution is 6.32. The second-order valence-corrected chi connectivity index (χ2v) is 5.00. The molecule has 0 amide bonds. The summed E-state index contributed by atoms with van der Waals surface area (Å²) in [6.07, 6.45) is 4.16. The van der Waals surface area contributed by atoms with E-state index < -0.39 is 0 Å². The van der Waals surface area contributed by atoms with Crippen molar-refractivity contribution in [1.29, 1.82) is 0 Å². The maximum Gasteiger partial charge on any atom is 0.208 e. The number of aryl methyl sites for hydroxylation is 1. The van der Waals surface area contributed by atoms with Gasteiger partial charge in [0.2, 0.25) is 5.95 Å². The lowest BCUT2D eigenvalue weighted by atomic mass is 10.3. The number of halogens is 2. The quantitative estimate of drug-likeness (QED) is 0.920. The normalized spacial score (nSPS) is 14.8. The molecule has 3 nitrogen and oxygen atoms in total. The minimum atomic E-state index is -0.307. The van der Waals surface area contributed by atoms with E-state index in [1.165, 1.54) is 12.1 Å². The number of hydrogen-bond acceptors (Lipinski definition) is 2. The molecule has 0 unspecified atom stereocenters. The van der Waals surface area contributed by atoms with E-state index in [1.807, 2.05) is 13.1 Å². The Bertz CT molecular complexity index is 590. The molecular formula is C13H13ClFN3. The van der Waals surface area contributed by atoms with Gasteiger partial charge in [0, 0.05) is 12.2 Å². The van der Waals surface area contributed by atoms with Crippen LogP contribution in [-0.4, -0.2) is 15.6 Å². The van der Waals surface area contributed by atoms with Crippen molar-refractivity contribution in [3.05, 3.63) is 40.9 Å². The van der Waals surface area contributed by atoms with E-state index >= 15 is 0 Å². The van der Waals surface area contributed by atoms with Gasteiger partial charge in [0.25, 0.3) is 0 Å². The second-order valence-electron chi connectivity index (χ2n) is 4.59. The van der Waals surface area contributed by atoms with Gasteiger partial charge in [0.15, 0.2) is 0 Å². The highest BCUT2D eigenvalue weighted by Gasteiger charge is 2.23. The summed E-state index contributed by atoms with van der Waals surface area (Å²) >= 11 is 6.12. The molecule has 94 valence electrons. The van der Waals surface area contributed by atoms with Gasteiger partial charge in [-0.2, -0.15) is 0 Å². The predicted octanol–water partition coefficient (Wildman–Crippen LogP) is 3.55. The molecule has 18 heavy (non-hydrogen) atoms. The fourth-order valence-corrected chi connectivity index (χ4v) is 2.07. The van der Waals surface area contributed by atoms with Crippen LogP contribution >= 0.6 is 11.6 Å². The van der Waals surface area contributed by atoms with Crippen LogP contribution in [-0.2, 0) is 0 Å². The van der Waals surface area contributed by atoms with Crippen LogP contribution in [0.15, 0.2) is 24.4 Å². The molecule has 1 aromatic heterocycles. The van der Waals surface area contributed by atoms with Crippen molar-refractivity contribution in [2.75, 3.05) is 5.32 Å². The summed E-state index contributed by atoms with van der Waals surface area (Å²) in [6, 6.07) is 4.81. The Kier molecular flexibility index (Phi) is 2.74. The van der Waals surface area contributed by atoms with Gasteiger partial charge in [-0.1, -0.05) is 11.6 Å².